The first kappa shape index (κ1) is 16.3. The molecule has 118 valence electrons. The van der Waals surface area contributed by atoms with E-state index in [0.29, 0.717) is 18.6 Å². The fourth-order valence-electron chi connectivity index (χ4n) is 3.47. The summed E-state index contributed by atoms with van der Waals surface area (Å²) in [7, 11) is 0. The zero-order valence-corrected chi connectivity index (χ0v) is 14.0. The average Bonchev–Trinajstić information content (AvgIpc) is 2.80. The molecule has 1 aliphatic rings. The van der Waals surface area contributed by atoms with E-state index in [4.69, 9.17) is 0 Å². The van der Waals surface area contributed by atoms with Gasteiger partial charge < -0.3 is 9.88 Å². The lowest BCUT2D eigenvalue weighted by atomic mass is 9.95. The van der Waals surface area contributed by atoms with Crippen molar-refractivity contribution in [3.05, 3.63) is 23.0 Å². The van der Waals surface area contributed by atoms with Crippen molar-refractivity contribution in [2.24, 2.45) is 0 Å². The van der Waals surface area contributed by atoms with Crippen LogP contribution in [0.2, 0.25) is 0 Å². The van der Waals surface area contributed by atoms with Gasteiger partial charge in [0.2, 0.25) is 0 Å². The van der Waals surface area contributed by atoms with Crippen molar-refractivity contribution in [3.63, 3.8) is 0 Å². The van der Waals surface area contributed by atoms with Gasteiger partial charge in [0.15, 0.2) is 5.78 Å². The fraction of sp³-hybridized carbons (Fsp3) is 0.722. The van der Waals surface area contributed by atoms with Crippen molar-refractivity contribution in [1.29, 1.82) is 0 Å². The molecule has 21 heavy (non-hydrogen) atoms. The van der Waals surface area contributed by atoms with Gasteiger partial charge in [0.05, 0.1) is 6.54 Å². The molecular formula is C18H30N2O. The topological polar surface area (TPSA) is 34.0 Å². The van der Waals surface area contributed by atoms with Gasteiger partial charge in [-0.3, -0.25) is 4.79 Å². The predicted molar refractivity (Wildman–Crippen MR) is 88.1 cm³/mol. The summed E-state index contributed by atoms with van der Waals surface area (Å²) >= 11 is 0. The first-order valence-corrected chi connectivity index (χ1v) is 8.49. The summed E-state index contributed by atoms with van der Waals surface area (Å²) in [6.07, 6.45) is 7.57. The van der Waals surface area contributed by atoms with Gasteiger partial charge in [-0.25, -0.2) is 0 Å². The summed E-state index contributed by atoms with van der Waals surface area (Å²) in [5, 5.41) is 3.31. The molecule has 3 nitrogen and oxygen atoms in total. The third-order valence-electron chi connectivity index (χ3n) is 4.95. The first-order chi connectivity index (χ1) is 10.0. The van der Waals surface area contributed by atoms with Crippen molar-refractivity contribution in [3.8, 4) is 0 Å². The Bertz CT molecular complexity index is 484. The van der Waals surface area contributed by atoms with E-state index in [0.717, 1.165) is 17.7 Å². The van der Waals surface area contributed by atoms with Crippen LogP contribution in [0.1, 0.15) is 80.2 Å². The molecule has 1 fully saturated rings. The second kappa shape index (κ2) is 7.26. The van der Waals surface area contributed by atoms with Crippen LogP contribution in [0.4, 0.5) is 0 Å². The summed E-state index contributed by atoms with van der Waals surface area (Å²) in [6.45, 7) is 8.96. The fourth-order valence-corrected chi connectivity index (χ4v) is 3.47. The van der Waals surface area contributed by atoms with Crippen LogP contribution >= 0.6 is 0 Å². The molecule has 1 aliphatic carbocycles. The van der Waals surface area contributed by atoms with Crippen molar-refractivity contribution in [1.82, 2.24) is 9.88 Å². The number of nitrogens with zero attached hydrogens (tertiary/aromatic N) is 1. The minimum atomic E-state index is 0.227. The number of Topliss-reactive ketones (excluding diaryl/α,β-unsaturated/α-hetero) is 1. The Morgan fingerprint density at radius 2 is 2.00 bits per heavy atom. The maximum atomic E-state index is 12.5. The molecule has 0 radical (unpaired) electrons. The number of aromatic nitrogens is 1. The van der Waals surface area contributed by atoms with E-state index in [1.807, 2.05) is 0 Å². The van der Waals surface area contributed by atoms with Gasteiger partial charge in [0, 0.05) is 29.0 Å². The third-order valence-corrected chi connectivity index (χ3v) is 4.95. The minimum absolute atomic E-state index is 0.227. The van der Waals surface area contributed by atoms with E-state index >= 15 is 0 Å². The standard InChI is InChI=1S/C18H30N2O/c1-5-13(2)19-12-18(21)17-11-14(3)20(15(17)4)16-9-7-6-8-10-16/h11,13,16,19H,5-10,12H2,1-4H3. The number of rotatable bonds is 6. The SMILES string of the molecule is CCC(C)NCC(=O)c1cc(C)n(C2CCCCC2)c1C. The van der Waals surface area contributed by atoms with Crippen LogP contribution in [-0.4, -0.2) is 22.9 Å². The van der Waals surface area contributed by atoms with E-state index in [9.17, 15) is 4.79 Å². The Kier molecular flexibility index (Phi) is 5.63. The molecule has 1 heterocycles. The highest BCUT2D eigenvalue weighted by Crippen LogP contribution is 2.32. The number of carbonyl (C=O) groups excluding carboxylic acids is 1. The van der Waals surface area contributed by atoms with E-state index in [1.165, 1.54) is 37.8 Å². The average molecular weight is 290 g/mol. The molecule has 1 N–H and O–H groups in total. The summed E-state index contributed by atoms with van der Waals surface area (Å²) in [4.78, 5) is 12.5. The number of hydrogen-bond donors (Lipinski definition) is 1. The van der Waals surface area contributed by atoms with Gasteiger partial charge in [-0.15, -0.1) is 0 Å². The Morgan fingerprint density at radius 1 is 1.33 bits per heavy atom. The molecule has 1 aromatic heterocycles. The molecule has 3 heteroatoms. The molecule has 1 aromatic rings. The van der Waals surface area contributed by atoms with Crippen LogP contribution < -0.4 is 5.32 Å². The number of nitrogens with one attached hydrogen (secondary N) is 1. The summed E-state index contributed by atoms with van der Waals surface area (Å²) in [5.41, 5.74) is 3.32. The van der Waals surface area contributed by atoms with Crippen LogP contribution in [0.5, 0.6) is 0 Å². The van der Waals surface area contributed by atoms with Gasteiger partial charge in [0.25, 0.3) is 0 Å². The largest absolute Gasteiger partial charge is 0.345 e. The molecule has 1 unspecified atom stereocenters. The van der Waals surface area contributed by atoms with Crippen molar-refractivity contribution in [2.45, 2.75) is 78.3 Å². The highest BCUT2D eigenvalue weighted by molar-refractivity contribution is 5.99. The van der Waals surface area contributed by atoms with E-state index in [1.54, 1.807) is 0 Å². The molecule has 0 saturated heterocycles. The minimum Gasteiger partial charge on any atom is -0.345 e. The van der Waals surface area contributed by atoms with Crippen molar-refractivity contribution in [2.75, 3.05) is 6.54 Å². The molecular weight excluding hydrogens is 260 g/mol. The van der Waals surface area contributed by atoms with Crippen molar-refractivity contribution >= 4 is 5.78 Å². The molecule has 0 aromatic carbocycles. The zero-order valence-electron chi connectivity index (χ0n) is 14.0. The molecule has 0 spiro atoms. The van der Waals surface area contributed by atoms with Gasteiger partial charge in [-0.1, -0.05) is 26.2 Å². The Morgan fingerprint density at radius 3 is 2.62 bits per heavy atom. The van der Waals surface area contributed by atoms with Crippen LogP contribution in [0, 0.1) is 13.8 Å². The second-order valence-corrected chi connectivity index (χ2v) is 6.56. The normalized spacial score (nSPS) is 17.9. The van der Waals surface area contributed by atoms with Crippen LogP contribution in [-0.2, 0) is 0 Å². The molecule has 2 rings (SSSR count). The van der Waals surface area contributed by atoms with Crippen LogP contribution in [0.25, 0.3) is 0 Å². The summed E-state index contributed by atoms with van der Waals surface area (Å²) in [6, 6.07) is 3.09. The first-order valence-electron chi connectivity index (χ1n) is 8.49. The Hall–Kier alpha value is -1.09. The monoisotopic (exact) mass is 290 g/mol. The summed E-state index contributed by atoms with van der Waals surface area (Å²) in [5.74, 6) is 0.227. The van der Waals surface area contributed by atoms with Gasteiger partial charge in [-0.2, -0.15) is 0 Å². The third kappa shape index (κ3) is 3.76. The van der Waals surface area contributed by atoms with Gasteiger partial charge in [0.1, 0.15) is 0 Å². The highest BCUT2D eigenvalue weighted by Gasteiger charge is 2.22. The maximum absolute atomic E-state index is 12.5. The molecule has 0 bridgehead atoms. The molecule has 0 amide bonds. The lowest BCUT2D eigenvalue weighted by molar-refractivity contribution is 0.0987. The van der Waals surface area contributed by atoms with Crippen LogP contribution in [0.15, 0.2) is 6.07 Å². The number of ketones is 1. The summed E-state index contributed by atoms with van der Waals surface area (Å²) < 4.78 is 2.41. The quantitative estimate of drug-likeness (QED) is 0.797. The molecule has 1 saturated carbocycles. The number of aryl methyl sites for hydroxylation is 1. The molecule has 0 aliphatic heterocycles. The van der Waals surface area contributed by atoms with Gasteiger partial charge in [-0.05, 0) is 46.1 Å². The predicted octanol–water partition coefficient (Wildman–Crippen LogP) is 4.18. The smallest absolute Gasteiger partial charge is 0.178 e. The number of hydrogen-bond acceptors (Lipinski definition) is 2. The molecule has 1 atom stereocenters. The van der Waals surface area contributed by atoms with E-state index in [-0.39, 0.29) is 5.78 Å². The zero-order chi connectivity index (χ0) is 15.4. The lowest BCUT2D eigenvalue weighted by Gasteiger charge is -2.26. The van der Waals surface area contributed by atoms with E-state index < -0.39 is 0 Å². The lowest BCUT2D eigenvalue weighted by Crippen LogP contribution is -2.31. The Labute approximate surface area is 129 Å². The van der Waals surface area contributed by atoms with E-state index in [2.05, 4.69) is 43.6 Å². The number of carbonyl (C=O) groups is 1. The maximum Gasteiger partial charge on any atom is 0.178 e. The Balaban J connectivity index is 2.12. The van der Waals surface area contributed by atoms with Gasteiger partial charge >= 0.3 is 0 Å². The highest BCUT2D eigenvalue weighted by atomic mass is 16.1. The van der Waals surface area contributed by atoms with Crippen LogP contribution in [0.3, 0.4) is 0 Å². The van der Waals surface area contributed by atoms with Crippen molar-refractivity contribution < 1.29 is 4.79 Å². The second-order valence-electron chi connectivity index (χ2n) is 6.56.